The SMILES string of the molecule is CCN(C(=O)c1ccccc1NC(=O)C(C)Oc1ccc([N+](=O)[O-])cc1)c1ccccc1. The molecule has 3 aromatic rings. The van der Waals surface area contributed by atoms with Gasteiger partial charge in [0.05, 0.1) is 16.2 Å². The van der Waals surface area contributed by atoms with Gasteiger partial charge in [-0.1, -0.05) is 30.3 Å². The highest BCUT2D eigenvalue weighted by Gasteiger charge is 2.22. The fraction of sp³-hybridized carbons (Fsp3) is 0.167. The van der Waals surface area contributed by atoms with Crippen molar-refractivity contribution in [1.29, 1.82) is 0 Å². The first-order valence-corrected chi connectivity index (χ1v) is 10.1. The number of nitrogens with one attached hydrogen (secondary N) is 1. The van der Waals surface area contributed by atoms with Crippen LogP contribution in [0, 0.1) is 10.1 Å². The van der Waals surface area contributed by atoms with Crippen LogP contribution in [0.2, 0.25) is 0 Å². The molecule has 1 N–H and O–H groups in total. The number of nitrogens with zero attached hydrogens (tertiary/aromatic N) is 2. The average Bonchev–Trinajstić information content (AvgIpc) is 2.81. The lowest BCUT2D eigenvalue weighted by atomic mass is 10.1. The Balaban J connectivity index is 1.74. The van der Waals surface area contributed by atoms with Gasteiger partial charge < -0.3 is 15.0 Å². The van der Waals surface area contributed by atoms with E-state index in [1.165, 1.54) is 24.3 Å². The zero-order valence-corrected chi connectivity index (χ0v) is 17.7. The number of benzene rings is 3. The summed E-state index contributed by atoms with van der Waals surface area (Å²) in [6.07, 6.45) is -0.893. The van der Waals surface area contributed by atoms with Gasteiger partial charge in [-0.05, 0) is 50.2 Å². The van der Waals surface area contributed by atoms with Crippen LogP contribution in [0.1, 0.15) is 24.2 Å². The standard InChI is InChI=1S/C24H23N3O5/c1-3-26(18-9-5-4-6-10-18)24(29)21-11-7-8-12-22(21)25-23(28)17(2)32-20-15-13-19(14-16-20)27(30)31/h4-17H,3H2,1-2H3,(H,25,28). The molecule has 164 valence electrons. The number of amides is 2. The van der Waals surface area contributed by atoms with E-state index in [0.717, 1.165) is 5.69 Å². The molecule has 0 heterocycles. The van der Waals surface area contributed by atoms with E-state index in [0.29, 0.717) is 23.5 Å². The Morgan fingerprint density at radius 2 is 1.62 bits per heavy atom. The molecule has 3 aromatic carbocycles. The van der Waals surface area contributed by atoms with E-state index in [1.54, 1.807) is 36.1 Å². The third-order valence-electron chi connectivity index (χ3n) is 4.77. The zero-order valence-electron chi connectivity index (χ0n) is 17.7. The molecular formula is C24H23N3O5. The number of hydrogen-bond donors (Lipinski definition) is 1. The normalized spacial score (nSPS) is 11.3. The average molecular weight is 433 g/mol. The van der Waals surface area contributed by atoms with Crippen LogP contribution in [0.3, 0.4) is 0 Å². The lowest BCUT2D eigenvalue weighted by Crippen LogP contribution is -2.33. The topological polar surface area (TPSA) is 102 Å². The highest BCUT2D eigenvalue weighted by atomic mass is 16.6. The number of carbonyl (C=O) groups excluding carboxylic acids is 2. The van der Waals surface area contributed by atoms with Gasteiger partial charge in [-0.2, -0.15) is 0 Å². The quantitative estimate of drug-likeness (QED) is 0.411. The van der Waals surface area contributed by atoms with Gasteiger partial charge in [-0.15, -0.1) is 0 Å². The first kappa shape index (κ1) is 22.5. The van der Waals surface area contributed by atoms with Gasteiger partial charge in [-0.3, -0.25) is 19.7 Å². The number of anilines is 2. The number of rotatable bonds is 8. The molecule has 3 rings (SSSR count). The van der Waals surface area contributed by atoms with E-state index < -0.39 is 16.9 Å². The van der Waals surface area contributed by atoms with Crippen LogP contribution in [-0.2, 0) is 4.79 Å². The summed E-state index contributed by atoms with van der Waals surface area (Å²) in [5.74, 6) is -0.367. The maximum absolute atomic E-state index is 13.2. The van der Waals surface area contributed by atoms with Crippen molar-refractivity contribution in [3.8, 4) is 5.75 Å². The number of carbonyl (C=O) groups is 2. The highest BCUT2D eigenvalue weighted by Crippen LogP contribution is 2.23. The fourth-order valence-electron chi connectivity index (χ4n) is 3.11. The number of para-hydroxylation sites is 2. The summed E-state index contributed by atoms with van der Waals surface area (Å²) in [4.78, 5) is 37.8. The Labute approximate surface area is 185 Å². The summed E-state index contributed by atoms with van der Waals surface area (Å²) in [5.41, 5.74) is 1.42. The monoisotopic (exact) mass is 433 g/mol. The van der Waals surface area contributed by atoms with Crippen molar-refractivity contribution in [3.63, 3.8) is 0 Å². The molecular weight excluding hydrogens is 410 g/mol. The summed E-state index contributed by atoms with van der Waals surface area (Å²) < 4.78 is 5.59. The predicted octanol–water partition coefficient (Wildman–Crippen LogP) is 4.67. The van der Waals surface area contributed by atoms with Gasteiger partial charge in [0.15, 0.2) is 6.10 Å². The van der Waals surface area contributed by atoms with Crippen LogP contribution in [0.4, 0.5) is 17.1 Å². The molecule has 0 aromatic heterocycles. The minimum atomic E-state index is -0.893. The summed E-state index contributed by atoms with van der Waals surface area (Å²) in [6, 6.07) is 21.5. The third-order valence-corrected chi connectivity index (χ3v) is 4.77. The van der Waals surface area contributed by atoms with Crippen molar-refractivity contribution in [2.45, 2.75) is 20.0 Å². The van der Waals surface area contributed by atoms with E-state index in [-0.39, 0.29) is 11.6 Å². The van der Waals surface area contributed by atoms with Crippen LogP contribution in [0.25, 0.3) is 0 Å². The second-order valence-electron chi connectivity index (χ2n) is 6.93. The van der Waals surface area contributed by atoms with Crippen LogP contribution in [-0.4, -0.2) is 29.4 Å². The van der Waals surface area contributed by atoms with Crippen molar-refractivity contribution in [2.75, 3.05) is 16.8 Å². The number of nitro benzene ring substituents is 1. The fourth-order valence-corrected chi connectivity index (χ4v) is 3.11. The number of nitro groups is 1. The molecule has 0 spiro atoms. The van der Waals surface area contributed by atoms with E-state index in [1.807, 2.05) is 37.3 Å². The molecule has 8 nitrogen and oxygen atoms in total. The summed E-state index contributed by atoms with van der Waals surface area (Å²) in [7, 11) is 0. The van der Waals surface area contributed by atoms with Crippen LogP contribution in [0.5, 0.6) is 5.75 Å². The van der Waals surface area contributed by atoms with E-state index >= 15 is 0 Å². The second-order valence-corrected chi connectivity index (χ2v) is 6.93. The third kappa shape index (κ3) is 5.28. The molecule has 0 fully saturated rings. The maximum Gasteiger partial charge on any atom is 0.269 e. The molecule has 0 radical (unpaired) electrons. The molecule has 0 aliphatic carbocycles. The Kier molecular flexibility index (Phi) is 7.17. The maximum atomic E-state index is 13.2. The van der Waals surface area contributed by atoms with E-state index in [9.17, 15) is 19.7 Å². The Morgan fingerprint density at radius 3 is 2.25 bits per heavy atom. The molecule has 0 aliphatic heterocycles. The first-order valence-electron chi connectivity index (χ1n) is 10.1. The Hall–Kier alpha value is -4.20. The lowest BCUT2D eigenvalue weighted by Gasteiger charge is -2.23. The first-order chi connectivity index (χ1) is 15.4. The second kappa shape index (κ2) is 10.2. The summed E-state index contributed by atoms with van der Waals surface area (Å²) in [6.45, 7) is 3.90. The van der Waals surface area contributed by atoms with Crippen molar-refractivity contribution in [3.05, 3.63) is 94.5 Å². The van der Waals surface area contributed by atoms with Crippen molar-refractivity contribution in [1.82, 2.24) is 0 Å². The molecule has 32 heavy (non-hydrogen) atoms. The van der Waals surface area contributed by atoms with E-state index in [2.05, 4.69) is 5.32 Å². The Bertz CT molecular complexity index is 1100. The molecule has 8 heteroatoms. The number of ether oxygens (including phenoxy) is 1. The van der Waals surface area contributed by atoms with Gasteiger partial charge in [0.25, 0.3) is 17.5 Å². The van der Waals surface area contributed by atoms with Crippen LogP contribution < -0.4 is 15.0 Å². The van der Waals surface area contributed by atoms with Gasteiger partial charge in [0, 0.05) is 24.4 Å². The van der Waals surface area contributed by atoms with Gasteiger partial charge in [0.2, 0.25) is 0 Å². The number of non-ortho nitro benzene ring substituents is 1. The largest absolute Gasteiger partial charge is 0.481 e. The van der Waals surface area contributed by atoms with Crippen molar-refractivity contribution >= 4 is 28.9 Å². The highest BCUT2D eigenvalue weighted by molar-refractivity contribution is 6.11. The summed E-state index contributed by atoms with van der Waals surface area (Å²) in [5, 5.41) is 13.5. The molecule has 0 bridgehead atoms. The zero-order chi connectivity index (χ0) is 23.1. The molecule has 0 aliphatic rings. The van der Waals surface area contributed by atoms with Crippen molar-refractivity contribution < 1.29 is 19.2 Å². The van der Waals surface area contributed by atoms with Gasteiger partial charge >= 0.3 is 0 Å². The van der Waals surface area contributed by atoms with E-state index in [4.69, 9.17) is 4.74 Å². The van der Waals surface area contributed by atoms with Gasteiger partial charge in [0.1, 0.15) is 5.75 Å². The van der Waals surface area contributed by atoms with Crippen molar-refractivity contribution in [2.24, 2.45) is 0 Å². The van der Waals surface area contributed by atoms with Crippen LogP contribution in [0.15, 0.2) is 78.9 Å². The lowest BCUT2D eigenvalue weighted by molar-refractivity contribution is -0.384. The molecule has 2 amide bonds. The number of hydrogen-bond acceptors (Lipinski definition) is 5. The molecule has 1 atom stereocenters. The Morgan fingerprint density at radius 1 is 1.00 bits per heavy atom. The predicted molar refractivity (Wildman–Crippen MR) is 122 cm³/mol. The van der Waals surface area contributed by atoms with Crippen LogP contribution >= 0.6 is 0 Å². The minimum Gasteiger partial charge on any atom is -0.481 e. The minimum absolute atomic E-state index is 0.0687. The molecule has 0 saturated carbocycles. The summed E-state index contributed by atoms with van der Waals surface area (Å²) >= 11 is 0. The molecule has 1 unspecified atom stereocenters. The smallest absolute Gasteiger partial charge is 0.269 e. The van der Waals surface area contributed by atoms with Gasteiger partial charge in [-0.25, -0.2) is 0 Å². The molecule has 0 saturated heterocycles.